The fourth-order valence-electron chi connectivity index (χ4n) is 2.82. The second-order valence-corrected chi connectivity index (χ2v) is 6.19. The molecule has 1 N–H and O–H groups in total. The van der Waals surface area contributed by atoms with Crippen molar-refractivity contribution in [2.45, 2.75) is 20.4 Å². The van der Waals surface area contributed by atoms with E-state index in [9.17, 15) is 9.59 Å². The fraction of sp³-hybridized carbons (Fsp3) is 0.200. The van der Waals surface area contributed by atoms with E-state index in [4.69, 9.17) is 0 Å². The fourth-order valence-corrected chi connectivity index (χ4v) is 2.82. The maximum absolute atomic E-state index is 12.6. The Hall–Kier alpha value is -2.88. The first kappa shape index (κ1) is 16.0. The quantitative estimate of drug-likeness (QED) is 0.804. The molecular formula is C20H20N2O2. The molecule has 0 aliphatic rings. The number of hydrogen-bond acceptors (Lipinski definition) is 2. The number of pyridine rings is 1. The molecule has 0 atom stereocenters. The van der Waals surface area contributed by atoms with Gasteiger partial charge < -0.3 is 9.88 Å². The zero-order chi connectivity index (χ0) is 17.3. The van der Waals surface area contributed by atoms with Crippen molar-refractivity contribution in [3.63, 3.8) is 0 Å². The number of nitrogens with one attached hydrogen (secondary N) is 1. The van der Waals surface area contributed by atoms with Crippen molar-refractivity contribution < 1.29 is 4.79 Å². The first-order valence-electron chi connectivity index (χ1n) is 7.89. The number of amides is 1. The van der Waals surface area contributed by atoms with Gasteiger partial charge in [0.2, 0.25) is 0 Å². The highest BCUT2D eigenvalue weighted by Gasteiger charge is 2.15. The van der Waals surface area contributed by atoms with Crippen molar-refractivity contribution in [3.05, 3.63) is 81.1 Å². The van der Waals surface area contributed by atoms with E-state index in [0.29, 0.717) is 11.1 Å². The minimum absolute atomic E-state index is 0.0866. The maximum Gasteiger partial charge on any atom is 0.254 e. The largest absolute Gasteiger partial charge is 0.337 e. The van der Waals surface area contributed by atoms with Gasteiger partial charge in [0.1, 0.15) is 0 Å². The number of rotatable bonds is 3. The number of hydrogen-bond donors (Lipinski definition) is 1. The predicted octanol–water partition coefficient (Wildman–Crippen LogP) is 3.42. The van der Waals surface area contributed by atoms with Crippen LogP contribution < -0.4 is 5.56 Å². The lowest BCUT2D eigenvalue weighted by atomic mass is 10.1. The monoisotopic (exact) mass is 320 g/mol. The number of carbonyl (C=O) groups excluding carboxylic acids is 1. The zero-order valence-corrected chi connectivity index (χ0v) is 14.1. The maximum atomic E-state index is 12.6. The van der Waals surface area contributed by atoms with Crippen LogP contribution in [0.2, 0.25) is 0 Å². The third kappa shape index (κ3) is 3.08. The first-order valence-corrected chi connectivity index (χ1v) is 7.89. The first-order chi connectivity index (χ1) is 11.5. The number of aryl methyl sites for hydroxylation is 2. The van der Waals surface area contributed by atoms with Crippen LogP contribution in [0, 0.1) is 13.8 Å². The van der Waals surface area contributed by atoms with Gasteiger partial charge in [-0.3, -0.25) is 9.59 Å². The SMILES string of the molecule is Cc1ccc2cc(CN(C)C(=O)c3ccccc3C)c(=O)[nH]c2c1. The molecule has 0 fully saturated rings. The lowest BCUT2D eigenvalue weighted by Crippen LogP contribution is -2.29. The number of fused-ring (bicyclic) bond motifs is 1. The van der Waals surface area contributed by atoms with Gasteiger partial charge in [-0.1, -0.05) is 30.3 Å². The highest BCUT2D eigenvalue weighted by atomic mass is 16.2. The van der Waals surface area contributed by atoms with Crippen LogP contribution in [0.3, 0.4) is 0 Å². The summed E-state index contributed by atoms with van der Waals surface area (Å²) in [4.78, 5) is 29.4. The molecule has 0 aliphatic carbocycles. The van der Waals surface area contributed by atoms with Crippen LogP contribution in [0.15, 0.2) is 53.3 Å². The van der Waals surface area contributed by atoms with Crippen LogP contribution in [-0.4, -0.2) is 22.8 Å². The molecule has 24 heavy (non-hydrogen) atoms. The number of benzene rings is 2. The molecule has 3 aromatic rings. The second kappa shape index (κ2) is 6.32. The summed E-state index contributed by atoms with van der Waals surface area (Å²) in [5, 5.41) is 0.965. The molecule has 122 valence electrons. The Morgan fingerprint density at radius 3 is 2.58 bits per heavy atom. The lowest BCUT2D eigenvalue weighted by Gasteiger charge is -2.18. The summed E-state index contributed by atoms with van der Waals surface area (Å²) >= 11 is 0. The summed E-state index contributed by atoms with van der Waals surface area (Å²) in [6, 6.07) is 15.3. The molecule has 0 saturated carbocycles. The second-order valence-electron chi connectivity index (χ2n) is 6.19. The molecule has 0 radical (unpaired) electrons. The molecule has 0 bridgehead atoms. The number of aromatic amines is 1. The van der Waals surface area contributed by atoms with E-state index in [-0.39, 0.29) is 18.0 Å². The molecule has 4 nitrogen and oxygen atoms in total. The highest BCUT2D eigenvalue weighted by molar-refractivity contribution is 5.95. The molecule has 2 aromatic carbocycles. The summed E-state index contributed by atoms with van der Waals surface area (Å²) in [6.07, 6.45) is 0. The third-order valence-corrected chi connectivity index (χ3v) is 4.21. The van der Waals surface area contributed by atoms with Crippen LogP contribution in [0.1, 0.15) is 27.0 Å². The van der Waals surface area contributed by atoms with Crippen molar-refractivity contribution in [2.24, 2.45) is 0 Å². The van der Waals surface area contributed by atoms with Crippen LogP contribution in [0.25, 0.3) is 10.9 Å². The van der Waals surface area contributed by atoms with Gasteiger partial charge >= 0.3 is 0 Å². The lowest BCUT2D eigenvalue weighted by molar-refractivity contribution is 0.0784. The van der Waals surface area contributed by atoms with Gasteiger partial charge in [0.15, 0.2) is 0 Å². The van der Waals surface area contributed by atoms with Gasteiger partial charge in [-0.2, -0.15) is 0 Å². The van der Waals surface area contributed by atoms with Gasteiger partial charge in [0.05, 0.1) is 6.54 Å². The molecule has 0 spiro atoms. The van der Waals surface area contributed by atoms with E-state index in [1.54, 1.807) is 11.9 Å². The van der Waals surface area contributed by atoms with Crippen molar-refractivity contribution in [2.75, 3.05) is 7.05 Å². The van der Waals surface area contributed by atoms with Crippen molar-refractivity contribution in [1.82, 2.24) is 9.88 Å². The Balaban J connectivity index is 1.90. The molecule has 0 saturated heterocycles. The molecular weight excluding hydrogens is 300 g/mol. The van der Waals surface area contributed by atoms with E-state index in [2.05, 4.69) is 4.98 Å². The summed E-state index contributed by atoms with van der Waals surface area (Å²) in [7, 11) is 1.72. The predicted molar refractivity (Wildman–Crippen MR) is 96.3 cm³/mol. The average Bonchev–Trinajstić information content (AvgIpc) is 2.55. The molecule has 0 aliphatic heterocycles. The van der Waals surface area contributed by atoms with Gasteiger partial charge in [-0.25, -0.2) is 0 Å². The van der Waals surface area contributed by atoms with Crippen LogP contribution in [0.5, 0.6) is 0 Å². The minimum atomic E-state index is -0.155. The summed E-state index contributed by atoms with van der Waals surface area (Å²) in [5.41, 5.74) is 3.92. The molecule has 3 rings (SSSR count). The smallest absolute Gasteiger partial charge is 0.254 e. The Morgan fingerprint density at radius 1 is 1.08 bits per heavy atom. The van der Waals surface area contributed by atoms with Crippen molar-refractivity contribution in [1.29, 1.82) is 0 Å². The van der Waals surface area contributed by atoms with Gasteiger partial charge in [-0.05, 0) is 48.6 Å². The summed E-state index contributed by atoms with van der Waals surface area (Å²) < 4.78 is 0. The van der Waals surface area contributed by atoms with E-state index < -0.39 is 0 Å². The van der Waals surface area contributed by atoms with E-state index in [0.717, 1.165) is 22.0 Å². The standard InChI is InChI=1S/C20H20N2O2/c1-13-8-9-15-11-16(19(23)21-18(15)10-13)12-22(3)20(24)17-7-5-4-6-14(17)2/h4-11H,12H2,1-3H3,(H,21,23). The third-order valence-electron chi connectivity index (χ3n) is 4.21. The molecule has 4 heteroatoms. The molecule has 1 amide bonds. The zero-order valence-electron chi connectivity index (χ0n) is 14.1. The number of carbonyl (C=O) groups is 1. The van der Waals surface area contributed by atoms with Crippen molar-refractivity contribution in [3.8, 4) is 0 Å². The van der Waals surface area contributed by atoms with E-state index in [1.165, 1.54) is 0 Å². The summed E-state index contributed by atoms with van der Waals surface area (Å²) in [5.74, 6) is -0.0866. The van der Waals surface area contributed by atoms with Crippen LogP contribution in [-0.2, 0) is 6.54 Å². The topological polar surface area (TPSA) is 53.2 Å². The van der Waals surface area contributed by atoms with Gasteiger partial charge in [0, 0.05) is 23.7 Å². The van der Waals surface area contributed by atoms with Gasteiger partial charge in [-0.15, -0.1) is 0 Å². The average molecular weight is 320 g/mol. The van der Waals surface area contributed by atoms with Crippen LogP contribution >= 0.6 is 0 Å². The normalized spacial score (nSPS) is 10.8. The van der Waals surface area contributed by atoms with E-state index >= 15 is 0 Å². The Kier molecular flexibility index (Phi) is 4.21. The van der Waals surface area contributed by atoms with Crippen molar-refractivity contribution >= 4 is 16.8 Å². The molecule has 1 heterocycles. The molecule has 1 aromatic heterocycles. The number of H-pyrrole nitrogens is 1. The Morgan fingerprint density at radius 2 is 1.83 bits per heavy atom. The molecule has 0 unspecified atom stereocenters. The Bertz CT molecular complexity index is 973. The number of nitrogens with zero attached hydrogens (tertiary/aromatic N) is 1. The van der Waals surface area contributed by atoms with Crippen LogP contribution in [0.4, 0.5) is 0 Å². The minimum Gasteiger partial charge on any atom is -0.337 e. The summed E-state index contributed by atoms with van der Waals surface area (Å²) in [6.45, 7) is 4.17. The van der Waals surface area contributed by atoms with Gasteiger partial charge in [0.25, 0.3) is 11.5 Å². The van der Waals surface area contributed by atoms with E-state index in [1.807, 2.05) is 62.4 Å². The Labute approximate surface area is 140 Å². The highest BCUT2D eigenvalue weighted by Crippen LogP contribution is 2.15. The number of aromatic nitrogens is 1.